The summed E-state index contributed by atoms with van der Waals surface area (Å²) < 4.78 is 10.4. The summed E-state index contributed by atoms with van der Waals surface area (Å²) in [6.07, 6.45) is -0.173. The molecule has 1 rings (SSSR count). The number of hydrogen-bond donors (Lipinski definition) is 1. The van der Waals surface area contributed by atoms with E-state index in [-0.39, 0.29) is 12.7 Å². The molecule has 1 atom stereocenters. The van der Waals surface area contributed by atoms with Crippen molar-refractivity contribution in [2.75, 3.05) is 13.7 Å². The lowest BCUT2D eigenvalue weighted by atomic mass is 10.3. The van der Waals surface area contributed by atoms with Crippen LogP contribution in [0.4, 0.5) is 0 Å². The van der Waals surface area contributed by atoms with Crippen molar-refractivity contribution in [3.63, 3.8) is 0 Å². The van der Waals surface area contributed by atoms with Crippen molar-refractivity contribution in [2.45, 2.75) is 13.0 Å². The van der Waals surface area contributed by atoms with E-state index < -0.39 is 0 Å². The first kappa shape index (κ1) is 9.86. The second-order valence-corrected chi connectivity index (χ2v) is 2.79. The van der Waals surface area contributed by atoms with Gasteiger partial charge in [-0.2, -0.15) is 0 Å². The van der Waals surface area contributed by atoms with E-state index >= 15 is 0 Å². The number of benzene rings is 1. The Kier molecular flexibility index (Phi) is 3.58. The third-order valence-corrected chi connectivity index (χ3v) is 1.65. The Morgan fingerprint density at radius 2 is 1.77 bits per heavy atom. The number of methoxy groups -OCH3 is 1. The van der Waals surface area contributed by atoms with Crippen LogP contribution in [0.5, 0.6) is 11.5 Å². The quantitative estimate of drug-likeness (QED) is 0.766. The van der Waals surface area contributed by atoms with E-state index in [1.807, 2.05) is 31.2 Å². The topological polar surface area (TPSA) is 38.7 Å². The summed E-state index contributed by atoms with van der Waals surface area (Å²) in [5, 5.41) is 8.75. The maximum absolute atomic E-state index is 8.75. The Hall–Kier alpha value is -1.22. The van der Waals surface area contributed by atoms with Gasteiger partial charge in [0.25, 0.3) is 0 Å². The largest absolute Gasteiger partial charge is 0.497 e. The molecule has 3 nitrogen and oxygen atoms in total. The Balaban J connectivity index is 2.58. The molecule has 0 aliphatic rings. The highest BCUT2D eigenvalue weighted by Gasteiger charge is 2.01. The first-order chi connectivity index (χ1) is 6.26. The van der Waals surface area contributed by atoms with Gasteiger partial charge in [-0.3, -0.25) is 0 Å². The molecule has 72 valence electrons. The van der Waals surface area contributed by atoms with Crippen LogP contribution in [-0.4, -0.2) is 24.9 Å². The summed E-state index contributed by atoms with van der Waals surface area (Å²) in [6.45, 7) is 1.83. The van der Waals surface area contributed by atoms with Crippen LogP contribution in [0.15, 0.2) is 24.3 Å². The first-order valence-electron chi connectivity index (χ1n) is 4.18. The summed E-state index contributed by atoms with van der Waals surface area (Å²) in [5.41, 5.74) is 0. The maximum atomic E-state index is 8.75. The molecular weight excluding hydrogens is 168 g/mol. The van der Waals surface area contributed by atoms with Crippen LogP contribution in [0.25, 0.3) is 0 Å². The van der Waals surface area contributed by atoms with Crippen LogP contribution < -0.4 is 9.47 Å². The van der Waals surface area contributed by atoms with Crippen LogP contribution >= 0.6 is 0 Å². The van der Waals surface area contributed by atoms with E-state index in [9.17, 15) is 0 Å². The Morgan fingerprint density at radius 1 is 1.23 bits per heavy atom. The molecule has 0 spiro atoms. The smallest absolute Gasteiger partial charge is 0.120 e. The zero-order valence-electron chi connectivity index (χ0n) is 7.86. The lowest BCUT2D eigenvalue weighted by Gasteiger charge is -2.11. The van der Waals surface area contributed by atoms with E-state index in [0.29, 0.717) is 0 Å². The van der Waals surface area contributed by atoms with Crippen LogP contribution in [0.1, 0.15) is 6.92 Å². The molecule has 0 saturated carbocycles. The van der Waals surface area contributed by atoms with Crippen molar-refractivity contribution in [1.82, 2.24) is 0 Å². The number of aliphatic hydroxyl groups excluding tert-OH is 1. The van der Waals surface area contributed by atoms with Gasteiger partial charge in [0.1, 0.15) is 17.6 Å². The van der Waals surface area contributed by atoms with Gasteiger partial charge in [-0.05, 0) is 31.2 Å². The number of ether oxygens (including phenoxy) is 2. The molecule has 0 aliphatic heterocycles. The highest BCUT2D eigenvalue weighted by molar-refractivity contribution is 5.31. The van der Waals surface area contributed by atoms with Crippen LogP contribution in [-0.2, 0) is 0 Å². The van der Waals surface area contributed by atoms with Crippen LogP contribution in [0.2, 0.25) is 0 Å². The highest BCUT2D eigenvalue weighted by atomic mass is 16.5. The summed E-state index contributed by atoms with van der Waals surface area (Å²) in [5.74, 6) is 1.53. The van der Waals surface area contributed by atoms with E-state index in [1.165, 1.54) is 0 Å². The standard InChI is InChI=1S/C10H14O3/c1-8(7-11)13-10-5-3-9(12-2)4-6-10/h3-6,8,11H,7H2,1-2H3/t8-/m1/s1. The average Bonchev–Trinajstić information content (AvgIpc) is 2.19. The van der Waals surface area contributed by atoms with E-state index in [4.69, 9.17) is 14.6 Å². The molecule has 0 heterocycles. The van der Waals surface area contributed by atoms with Crippen molar-refractivity contribution in [2.24, 2.45) is 0 Å². The van der Waals surface area contributed by atoms with Crippen molar-refractivity contribution < 1.29 is 14.6 Å². The van der Waals surface area contributed by atoms with Gasteiger partial charge in [0.05, 0.1) is 13.7 Å². The van der Waals surface area contributed by atoms with Gasteiger partial charge in [-0.1, -0.05) is 0 Å². The molecular formula is C10H14O3. The molecule has 3 heteroatoms. The lowest BCUT2D eigenvalue weighted by Crippen LogP contribution is -2.15. The molecule has 1 N–H and O–H groups in total. The SMILES string of the molecule is COc1ccc(O[C@H](C)CO)cc1. The van der Waals surface area contributed by atoms with E-state index in [0.717, 1.165) is 11.5 Å². The minimum atomic E-state index is -0.173. The number of hydrogen-bond acceptors (Lipinski definition) is 3. The fourth-order valence-corrected chi connectivity index (χ4v) is 0.924. The number of rotatable bonds is 4. The van der Waals surface area contributed by atoms with Crippen molar-refractivity contribution in [3.8, 4) is 11.5 Å². The van der Waals surface area contributed by atoms with Gasteiger partial charge in [-0.15, -0.1) is 0 Å². The molecule has 0 unspecified atom stereocenters. The summed E-state index contributed by atoms with van der Waals surface area (Å²) in [4.78, 5) is 0. The fourth-order valence-electron chi connectivity index (χ4n) is 0.924. The second kappa shape index (κ2) is 4.72. The Bertz CT molecular complexity index is 243. The van der Waals surface area contributed by atoms with E-state index in [2.05, 4.69) is 0 Å². The highest BCUT2D eigenvalue weighted by Crippen LogP contribution is 2.17. The zero-order valence-corrected chi connectivity index (χ0v) is 7.86. The van der Waals surface area contributed by atoms with Gasteiger partial charge < -0.3 is 14.6 Å². The number of aliphatic hydroxyl groups is 1. The van der Waals surface area contributed by atoms with Crippen LogP contribution in [0.3, 0.4) is 0 Å². The monoisotopic (exact) mass is 182 g/mol. The average molecular weight is 182 g/mol. The third kappa shape index (κ3) is 2.95. The van der Waals surface area contributed by atoms with Crippen LogP contribution in [0, 0.1) is 0 Å². The van der Waals surface area contributed by atoms with Crippen molar-refractivity contribution in [1.29, 1.82) is 0 Å². The van der Waals surface area contributed by atoms with Gasteiger partial charge in [0.2, 0.25) is 0 Å². The molecule has 0 aromatic heterocycles. The normalized spacial score (nSPS) is 12.2. The molecule has 13 heavy (non-hydrogen) atoms. The van der Waals surface area contributed by atoms with Crippen molar-refractivity contribution >= 4 is 0 Å². The van der Waals surface area contributed by atoms with Gasteiger partial charge >= 0.3 is 0 Å². The minimum absolute atomic E-state index is 0.0199. The summed E-state index contributed by atoms with van der Waals surface area (Å²) in [7, 11) is 1.62. The lowest BCUT2D eigenvalue weighted by molar-refractivity contribution is 0.129. The molecule has 0 bridgehead atoms. The second-order valence-electron chi connectivity index (χ2n) is 2.79. The molecule has 0 amide bonds. The minimum Gasteiger partial charge on any atom is -0.497 e. The molecule has 0 fully saturated rings. The van der Waals surface area contributed by atoms with Gasteiger partial charge in [0, 0.05) is 0 Å². The van der Waals surface area contributed by atoms with Crippen molar-refractivity contribution in [3.05, 3.63) is 24.3 Å². The molecule has 0 radical (unpaired) electrons. The Morgan fingerprint density at radius 3 is 2.23 bits per heavy atom. The third-order valence-electron chi connectivity index (χ3n) is 1.65. The molecule has 0 saturated heterocycles. The zero-order chi connectivity index (χ0) is 9.68. The molecule has 0 aliphatic carbocycles. The van der Waals surface area contributed by atoms with Gasteiger partial charge in [0.15, 0.2) is 0 Å². The Labute approximate surface area is 77.9 Å². The first-order valence-corrected chi connectivity index (χ1v) is 4.18. The summed E-state index contributed by atoms with van der Waals surface area (Å²) in [6, 6.07) is 7.26. The van der Waals surface area contributed by atoms with Gasteiger partial charge in [-0.25, -0.2) is 0 Å². The maximum Gasteiger partial charge on any atom is 0.120 e. The molecule has 1 aromatic carbocycles. The summed E-state index contributed by atoms with van der Waals surface area (Å²) >= 11 is 0. The predicted molar refractivity (Wildman–Crippen MR) is 50.2 cm³/mol. The predicted octanol–water partition coefficient (Wildman–Crippen LogP) is 1.45. The van der Waals surface area contributed by atoms with E-state index in [1.54, 1.807) is 7.11 Å². The molecule has 1 aromatic rings. The fraction of sp³-hybridized carbons (Fsp3) is 0.400.